The SMILES string of the molecule is Cc1oc(-c2ccccc2F)nc1CCl. The van der Waals surface area contributed by atoms with Crippen LogP contribution in [-0.4, -0.2) is 4.98 Å². The molecule has 1 heterocycles. The summed E-state index contributed by atoms with van der Waals surface area (Å²) in [5, 5.41) is 0. The van der Waals surface area contributed by atoms with Crippen LogP contribution in [0, 0.1) is 12.7 Å². The highest BCUT2D eigenvalue weighted by Gasteiger charge is 2.13. The lowest BCUT2D eigenvalue weighted by Gasteiger charge is -1.95. The molecule has 0 N–H and O–H groups in total. The molecule has 78 valence electrons. The highest BCUT2D eigenvalue weighted by Crippen LogP contribution is 2.24. The van der Waals surface area contributed by atoms with Crippen molar-refractivity contribution in [2.45, 2.75) is 12.8 Å². The fraction of sp³-hybridized carbons (Fsp3) is 0.182. The van der Waals surface area contributed by atoms with E-state index in [0.717, 1.165) is 0 Å². The van der Waals surface area contributed by atoms with Gasteiger partial charge in [-0.15, -0.1) is 11.6 Å². The zero-order valence-corrected chi connectivity index (χ0v) is 8.88. The molecule has 0 aliphatic carbocycles. The molecule has 2 nitrogen and oxygen atoms in total. The molecule has 0 radical (unpaired) electrons. The van der Waals surface area contributed by atoms with Crippen LogP contribution < -0.4 is 0 Å². The predicted molar refractivity (Wildman–Crippen MR) is 56.2 cm³/mol. The van der Waals surface area contributed by atoms with E-state index in [0.29, 0.717) is 17.0 Å². The molecule has 1 aromatic carbocycles. The Hall–Kier alpha value is -1.35. The first kappa shape index (κ1) is 10.2. The first-order valence-corrected chi connectivity index (χ1v) is 5.03. The van der Waals surface area contributed by atoms with Gasteiger partial charge >= 0.3 is 0 Å². The van der Waals surface area contributed by atoms with Crippen LogP contribution in [0.1, 0.15) is 11.5 Å². The number of alkyl halides is 1. The Labute approximate surface area is 91.7 Å². The molecule has 0 unspecified atom stereocenters. The number of hydrogen-bond acceptors (Lipinski definition) is 2. The molecule has 0 aliphatic heterocycles. The average molecular weight is 226 g/mol. The zero-order valence-electron chi connectivity index (χ0n) is 8.13. The van der Waals surface area contributed by atoms with Gasteiger partial charge in [0.1, 0.15) is 11.6 Å². The summed E-state index contributed by atoms with van der Waals surface area (Å²) in [7, 11) is 0. The Bertz CT molecular complexity index is 481. The fourth-order valence-electron chi connectivity index (χ4n) is 1.30. The summed E-state index contributed by atoms with van der Waals surface area (Å²) in [4.78, 5) is 4.12. The summed E-state index contributed by atoms with van der Waals surface area (Å²) in [6, 6.07) is 6.35. The summed E-state index contributed by atoms with van der Waals surface area (Å²) in [5.41, 5.74) is 1.01. The molecule has 0 atom stereocenters. The number of aryl methyl sites for hydroxylation is 1. The summed E-state index contributed by atoms with van der Waals surface area (Å²) in [6.07, 6.45) is 0. The minimum absolute atomic E-state index is 0.268. The third kappa shape index (κ3) is 1.88. The molecule has 0 bridgehead atoms. The minimum Gasteiger partial charge on any atom is -0.441 e. The molecular formula is C11H9ClFNO. The Morgan fingerprint density at radius 1 is 1.40 bits per heavy atom. The van der Waals surface area contributed by atoms with Gasteiger partial charge in [0, 0.05) is 0 Å². The van der Waals surface area contributed by atoms with Crippen molar-refractivity contribution in [1.82, 2.24) is 4.98 Å². The molecule has 0 spiro atoms. The van der Waals surface area contributed by atoms with Gasteiger partial charge in [-0.25, -0.2) is 9.37 Å². The second kappa shape index (κ2) is 4.03. The fourth-order valence-corrected chi connectivity index (χ4v) is 1.55. The minimum atomic E-state index is -0.347. The Morgan fingerprint density at radius 3 is 2.73 bits per heavy atom. The lowest BCUT2D eigenvalue weighted by atomic mass is 10.2. The molecule has 4 heteroatoms. The highest BCUT2D eigenvalue weighted by atomic mass is 35.5. The van der Waals surface area contributed by atoms with E-state index in [1.54, 1.807) is 25.1 Å². The third-order valence-corrected chi connectivity index (χ3v) is 2.38. The Kier molecular flexibility index (Phi) is 2.73. The van der Waals surface area contributed by atoms with Crippen LogP contribution >= 0.6 is 11.6 Å². The molecule has 2 aromatic rings. The molecule has 0 aliphatic rings. The standard InChI is InChI=1S/C11H9ClFNO/c1-7-10(6-12)14-11(15-7)8-4-2-3-5-9(8)13/h2-5H,6H2,1H3. The lowest BCUT2D eigenvalue weighted by molar-refractivity contribution is 0.533. The first-order valence-electron chi connectivity index (χ1n) is 4.49. The third-order valence-electron chi connectivity index (χ3n) is 2.12. The van der Waals surface area contributed by atoms with Crippen LogP contribution in [0.15, 0.2) is 28.7 Å². The monoisotopic (exact) mass is 225 g/mol. The van der Waals surface area contributed by atoms with Crippen molar-refractivity contribution in [1.29, 1.82) is 0 Å². The zero-order chi connectivity index (χ0) is 10.8. The summed E-state index contributed by atoms with van der Waals surface area (Å²) in [6.45, 7) is 1.76. The van der Waals surface area contributed by atoms with E-state index in [1.165, 1.54) is 6.07 Å². The quantitative estimate of drug-likeness (QED) is 0.731. The topological polar surface area (TPSA) is 26.0 Å². The molecular weight excluding hydrogens is 217 g/mol. The van der Waals surface area contributed by atoms with E-state index >= 15 is 0 Å². The predicted octanol–water partition coefficient (Wildman–Crippen LogP) is 3.53. The lowest BCUT2D eigenvalue weighted by Crippen LogP contribution is -1.84. The summed E-state index contributed by atoms with van der Waals surface area (Å²) >= 11 is 5.66. The van der Waals surface area contributed by atoms with Gasteiger partial charge < -0.3 is 4.42 Å². The molecule has 15 heavy (non-hydrogen) atoms. The van der Waals surface area contributed by atoms with Crippen LogP contribution in [0.5, 0.6) is 0 Å². The second-order valence-corrected chi connectivity index (χ2v) is 3.40. The van der Waals surface area contributed by atoms with E-state index in [2.05, 4.69) is 4.98 Å². The van der Waals surface area contributed by atoms with Crippen molar-refractivity contribution in [3.8, 4) is 11.5 Å². The number of halogens is 2. The smallest absolute Gasteiger partial charge is 0.229 e. The molecule has 1 aromatic heterocycles. The largest absolute Gasteiger partial charge is 0.441 e. The molecule has 2 rings (SSSR count). The van der Waals surface area contributed by atoms with Gasteiger partial charge in [-0.05, 0) is 19.1 Å². The molecule has 0 saturated carbocycles. The summed E-state index contributed by atoms with van der Waals surface area (Å²) < 4.78 is 18.7. The number of oxazole rings is 1. The van der Waals surface area contributed by atoms with Crippen LogP contribution in [-0.2, 0) is 5.88 Å². The summed E-state index contributed by atoms with van der Waals surface area (Å²) in [5.74, 6) is 0.827. The van der Waals surface area contributed by atoms with Crippen LogP contribution in [0.25, 0.3) is 11.5 Å². The maximum atomic E-state index is 13.4. The van der Waals surface area contributed by atoms with Gasteiger partial charge in [0.2, 0.25) is 5.89 Å². The van der Waals surface area contributed by atoms with E-state index in [4.69, 9.17) is 16.0 Å². The number of benzene rings is 1. The first-order chi connectivity index (χ1) is 7.22. The van der Waals surface area contributed by atoms with Crippen molar-refractivity contribution in [3.05, 3.63) is 41.5 Å². The van der Waals surface area contributed by atoms with Crippen molar-refractivity contribution in [3.63, 3.8) is 0 Å². The normalized spacial score (nSPS) is 10.6. The molecule has 0 amide bonds. The maximum absolute atomic E-state index is 13.4. The van der Waals surface area contributed by atoms with Crippen molar-refractivity contribution < 1.29 is 8.81 Å². The van der Waals surface area contributed by atoms with E-state index in [-0.39, 0.29) is 17.6 Å². The van der Waals surface area contributed by atoms with Gasteiger partial charge in [-0.1, -0.05) is 12.1 Å². The van der Waals surface area contributed by atoms with Gasteiger partial charge in [0.25, 0.3) is 0 Å². The van der Waals surface area contributed by atoms with E-state index < -0.39 is 0 Å². The van der Waals surface area contributed by atoms with Crippen LogP contribution in [0.3, 0.4) is 0 Å². The molecule has 0 fully saturated rings. The van der Waals surface area contributed by atoms with Crippen molar-refractivity contribution >= 4 is 11.6 Å². The van der Waals surface area contributed by atoms with Crippen LogP contribution in [0.2, 0.25) is 0 Å². The van der Waals surface area contributed by atoms with Gasteiger partial charge in [0.05, 0.1) is 17.1 Å². The maximum Gasteiger partial charge on any atom is 0.229 e. The van der Waals surface area contributed by atoms with Crippen molar-refractivity contribution in [2.75, 3.05) is 0 Å². The Morgan fingerprint density at radius 2 is 2.13 bits per heavy atom. The number of hydrogen-bond donors (Lipinski definition) is 0. The van der Waals surface area contributed by atoms with Gasteiger partial charge in [0.15, 0.2) is 0 Å². The van der Waals surface area contributed by atoms with E-state index in [1.807, 2.05) is 0 Å². The highest BCUT2D eigenvalue weighted by molar-refractivity contribution is 6.16. The van der Waals surface area contributed by atoms with Crippen molar-refractivity contribution in [2.24, 2.45) is 0 Å². The number of aromatic nitrogens is 1. The van der Waals surface area contributed by atoms with Gasteiger partial charge in [-0.2, -0.15) is 0 Å². The molecule has 0 saturated heterocycles. The van der Waals surface area contributed by atoms with Gasteiger partial charge in [-0.3, -0.25) is 0 Å². The second-order valence-electron chi connectivity index (χ2n) is 3.14. The number of nitrogens with zero attached hydrogens (tertiary/aromatic N) is 1. The van der Waals surface area contributed by atoms with Crippen LogP contribution in [0.4, 0.5) is 4.39 Å². The number of rotatable bonds is 2. The van der Waals surface area contributed by atoms with E-state index in [9.17, 15) is 4.39 Å². The average Bonchev–Trinajstić information content (AvgIpc) is 2.60. The Balaban J connectivity index is 2.50.